The van der Waals surface area contributed by atoms with Gasteiger partial charge in [-0.1, -0.05) is 19.1 Å². The van der Waals surface area contributed by atoms with E-state index in [0.717, 1.165) is 6.42 Å². The van der Waals surface area contributed by atoms with Crippen LogP contribution in [0.25, 0.3) is 0 Å². The van der Waals surface area contributed by atoms with Crippen LogP contribution in [-0.4, -0.2) is 47.6 Å². The highest BCUT2D eigenvalue weighted by Gasteiger charge is 2.42. The third kappa shape index (κ3) is 2.95. The Balaban J connectivity index is 1.79. The van der Waals surface area contributed by atoms with Gasteiger partial charge < -0.3 is 10.0 Å². The predicted molar refractivity (Wildman–Crippen MR) is 83.6 cm³/mol. The molecule has 0 bridgehead atoms. The molecule has 3 rings (SSSR count). The molecule has 124 valence electrons. The molecule has 0 unspecified atom stereocenters. The minimum Gasteiger partial charge on any atom is -0.481 e. The maximum atomic E-state index is 14.0. The number of anilines is 1. The Labute approximate surface area is 134 Å². The fourth-order valence-corrected chi connectivity index (χ4v) is 3.69. The highest BCUT2D eigenvalue weighted by Crippen LogP contribution is 2.31. The third-order valence-corrected chi connectivity index (χ3v) is 4.95. The van der Waals surface area contributed by atoms with Gasteiger partial charge in [0.1, 0.15) is 5.82 Å². The Morgan fingerprint density at radius 2 is 2.04 bits per heavy atom. The molecule has 0 spiro atoms. The fourth-order valence-electron chi connectivity index (χ4n) is 3.69. The van der Waals surface area contributed by atoms with Crippen LogP contribution in [0.3, 0.4) is 0 Å². The number of rotatable bonds is 3. The zero-order chi connectivity index (χ0) is 16.6. The zero-order valence-corrected chi connectivity index (χ0v) is 13.1. The molecule has 23 heavy (non-hydrogen) atoms. The Kier molecular flexibility index (Phi) is 4.35. The molecule has 5 nitrogen and oxygen atoms in total. The molecule has 2 aliphatic rings. The molecule has 6 heteroatoms. The lowest BCUT2D eigenvalue weighted by Gasteiger charge is -2.37. The lowest BCUT2D eigenvalue weighted by atomic mass is 9.99. The van der Waals surface area contributed by atoms with Gasteiger partial charge in [-0.2, -0.15) is 0 Å². The minimum atomic E-state index is -0.811. The molecule has 2 aliphatic heterocycles. The normalized spacial score (nSPS) is 29.0. The van der Waals surface area contributed by atoms with Crippen molar-refractivity contribution in [3.05, 3.63) is 30.1 Å². The van der Waals surface area contributed by atoms with Crippen molar-refractivity contribution in [3.8, 4) is 0 Å². The average molecular weight is 320 g/mol. The van der Waals surface area contributed by atoms with Crippen LogP contribution in [0.1, 0.15) is 19.8 Å². The van der Waals surface area contributed by atoms with E-state index in [1.807, 2.05) is 11.8 Å². The quantitative estimate of drug-likeness (QED) is 0.925. The Bertz CT molecular complexity index is 622. The molecule has 3 atom stereocenters. The third-order valence-electron chi connectivity index (χ3n) is 4.95. The summed E-state index contributed by atoms with van der Waals surface area (Å²) in [5.74, 6) is -1.76. The van der Waals surface area contributed by atoms with Crippen LogP contribution >= 0.6 is 0 Å². The van der Waals surface area contributed by atoms with Gasteiger partial charge in [-0.25, -0.2) is 4.39 Å². The van der Waals surface area contributed by atoms with Crippen molar-refractivity contribution in [1.29, 1.82) is 0 Å². The van der Waals surface area contributed by atoms with Gasteiger partial charge in [-0.15, -0.1) is 0 Å². The second kappa shape index (κ2) is 6.28. The van der Waals surface area contributed by atoms with Gasteiger partial charge >= 0.3 is 5.97 Å². The van der Waals surface area contributed by atoms with Crippen molar-refractivity contribution in [2.75, 3.05) is 24.5 Å². The summed E-state index contributed by atoms with van der Waals surface area (Å²) in [6.07, 6.45) is 1.48. The number of likely N-dealkylation sites (tertiary alicyclic amines) is 1. The number of amides is 1. The first-order valence-corrected chi connectivity index (χ1v) is 8.02. The summed E-state index contributed by atoms with van der Waals surface area (Å²) < 4.78 is 14.0. The van der Waals surface area contributed by atoms with Crippen molar-refractivity contribution in [1.82, 2.24) is 4.90 Å². The van der Waals surface area contributed by atoms with E-state index >= 15 is 0 Å². The number of carbonyl (C=O) groups is 2. The van der Waals surface area contributed by atoms with E-state index in [0.29, 0.717) is 31.7 Å². The number of carboxylic acid groups (broad SMARTS) is 1. The smallest absolute Gasteiger partial charge is 0.308 e. The Morgan fingerprint density at radius 3 is 2.70 bits per heavy atom. The average Bonchev–Trinajstić information content (AvgIpc) is 2.90. The number of piperidine rings is 1. The second-order valence-electron chi connectivity index (χ2n) is 6.48. The minimum absolute atomic E-state index is 0.0177. The molecule has 1 N–H and O–H groups in total. The topological polar surface area (TPSA) is 60.9 Å². The molecule has 1 aromatic carbocycles. The SMILES string of the molecule is C[C@@H]1CN([C@@H]2CCCN(c3ccccc3F)C2=O)C[C@H]1C(=O)O. The standard InChI is InChI=1S/C17H21FN2O3/c1-11-9-19(10-12(11)17(22)23)15-7-4-8-20(16(15)21)14-6-3-2-5-13(14)18/h2-3,5-6,11-12,15H,4,7-10H2,1H3,(H,22,23)/t11-,12-,15-/m1/s1. The lowest BCUT2D eigenvalue weighted by molar-refractivity contribution is -0.142. The summed E-state index contributed by atoms with van der Waals surface area (Å²) in [5.41, 5.74) is 0.309. The molecule has 1 aromatic rings. The maximum Gasteiger partial charge on any atom is 0.308 e. The van der Waals surface area contributed by atoms with Crippen LogP contribution in [0.15, 0.2) is 24.3 Å². The van der Waals surface area contributed by atoms with Gasteiger partial charge in [-0.05, 0) is 30.9 Å². The molecule has 0 saturated carbocycles. The summed E-state index contributed by atoms with van der Waals surface area (Å²) in [6, 6.07) is 5.93. The molecular weight excluding hydrogens is 299 g/mol. The number of carbonyl (C=O) groups excluding carboxylic acids is 1. The first-order chi connectivity index (χ1) is 11.0. The van der Waals surface area contributed by atoms with Crippen LogP contribution in [0.4, 0.5) is 10.1 Å². The molecule has 2 heterocycles. The van der Waals surface area contributed by atoms with E-state index in [4.69, 9.17) is 0 Å². The first-order valence-electron chi connectivity index (χ1n) is 8.02. The number of hydrogen-bond donors (Lipinski definition) is 1. The van der Waals surface area contributed by atoms with Crippen LogP contribution in [0, 0.1) is 17.7 Å². The number of hydrogen-bond acceptors (Lipinski definition) is 3. The molecule has 2 saturated heterocycles. The summed E-state index contributed by atoms with van der Waals surface area (Å²) in [6.45, 7) is 3.39. The van der Waals surface area contributed by atoms with E-state index < -0.39 is 17.7 Å². The second-order valence-corrected chi connectivity index (χ2v) is 6.48. The molecule has 0 aromatic heterocycles. The van der Waals surface area contributed by atoms with E-state index in [9.17, 15) is 19.1 Å². The van der Waals surface area contributed by atoms with Crippen LogP contribution in [0.2, 0.25) is 0 Å². The monoisotopic (exact) mass is 320 g/mol. The van der Waals surface area contributed by atoms with Gasteiger partial charge in [0.15, 0.2) is 0 Å². The van der Waals surface area contributed by atoms with E-state index in [-0.39, 0.29) is 17.9 Å². The number of aliphatic carboxylic acids is 1. The van der Waals surface area contributed by atoms with Gasteiger partial charge in [0.05, 0.1) is 17.6 Å². The summed E-state index contributed by atoms with van der Waals surface area (Å²) in [7, 11) is 0. The van der Waals surface area contributed by atoms with Crippen LogP contribution < -0.4 is 4.90 Å². The lowest BCUT2D eigenvalue weighted by Crippen LogP contribution is -2.52. The highest BCUT2D eigenvalue weighted by atomic mass is 19.1. The highest BCUT2D eigenvalue weighted by molar-refractivity contribution is 5.98. The van der Waals surface area contributed by atoms with Gasteiger partial charge in [-0.3, -0.25) is 14.5 Å². The summed E-state index contributed by atoms with van der Waals surface area (Å²) in [5, 5.41) is 9.26. The Morgan fingerprint density at radius 1 is 1.30 bits per heavy atom. The zero-order valence-electron chi connectivity index (χ0n) is 13.1. The van der Waals surface area contributed by atoms with Crippen molar-refractivity contribution >= 4 is 17.6 Å². The van der Waals surface area contributed by atoms with Crippen molar-refractivity contribution in [2.45, 2.75) is 25.8 Å². The summed E-state index contributed by atoms with van der Waals surface area (Å²) in [4.78, 5) is 27.6. The molecule has 0 radical (unpaired) electrons. The van der Waals surface area contributed by atoms with Gasteiger partial charge in [0.25, 0.3) is 0 Å². The van der Waals surface area contributed by atoms with E-state index in [1.165, 1.54) is 11.0 Å². The van der Waals surface area contributed by atoms with E-state index in [1.54, 1.807) is 18.2 Å². The van der Waals surface area contributed by atoms with Crippen LogP contribution in [-0.2, 0) is 9.59 Å². The number of halogens is 1. The molecule has 1 amide bonds. The summed E-state index contributed by atoms with van der Waals surface area (Å²) >= 11 is 0. The largest absolute Gasteiger partial charge is 0.481 e. The number of nitrogens with zero attached hydrogens (tertiary/aromatic N) is 2. The molecule has 2 fully saturated rings. The Hall–Kier alpha value is -1.95. The number of benzene rings is 1. The van der Waals surface area contributed by atoms with Crippen LogP contribution in [0.5, 0.6) is 0 Å². The first kappa shape index (κ1) is 15.9. The van der Waals surface area contributed by atoms with Crippen molar-refractivity contribution in [3.63, 3.8) is 0 Å². The molecule has 0 aliphatic carbocycles. The van der Waals surface area contributed by atoms with E-state index in [2.05, 4.69) is 0 Å². The predicted octanol–water partition coefficient (Wildman–Crippen LogP) is 1.97. The fraction of sp³-hybridized carbons (Fsp3) is 0.529. The van der Waals surface area contributed by atoms with Gasteiger partial charge in [0, 0.05) is 19.6 Å². The number of para-hydroxylation sites is 1. The number of carboxylic acids is 1. The maximum absolute atomic E-state index is 14.0. The van der Waals surface area contributed by atoms with Crippen molar-refractivity contribution in [2.24, 2.45) is 11.8 Å². The molecular formula is C17H21FN2O3. The van der Waals surface area contributed by atoms with Gasteiger partial charge in [0.2, 0.25) is 5.91 Å². The van der Waals surface area contributed by atoms with Crippen molar-refractivity contribution < 1.29 is 19.1 Å².